The molecule has 11 nitrogen and oxygen atoms in total. The first-order valence-electron chi connectivity index (χ1n) is 12.0. The number of ether oxygens (including phenoxy) is 3. The number of nitrogens with one attached hydrogen (secondary N) is 2. The number of hydrogen-bond acceptors (Lipinski definition) is 11. The summed E-state index contributed by atoms with van der Waals surface area (Å²) in [5.74, 6) is -1.04. The fourth-order valence-corrected chi connectivity index (χ4v) is 4.22. The zero-order chi connectivity index (χ0) is 27.4. The molecule has 1 aliphatic rings. The smallest absolute Gasteiger partial charge is 0.191 e. The van der Waals surface area contributed by atoms with E-state index in [2.05, 4.69) is 40.5 Å². The summed E-state index contributed by atoms with van der Waals surface area (Å²) in [7, 11) is 2.55. The summed E-state index contributed by atoms with van der Waals surface area (Å²) < 4.78 is 45.5. The van der Waals surface area contributed by atoms with Crippen LogP contribution in [-0.2, 0) is 4.74 Å². The van der Waals surface area contributed by atoms with E-state index in [4.69, 9.17) is 14.2 Å². The van der Waals surface area contributed by atoms with Crippen molar-refractivity contribution in [1.29, 1.82) is 0 Å². The first-order chi connectivity index (χ1) is 19.0. The summed E-state index contributed by atoms with van der Waals surface area (Å²) in [4.78, 5) is 23.6. The van der Waals surface area contributed by atoms with Gasteiger partial charge in [0.2, 0.25) is 0 Å². The van der Waals surface area contributed by atoms with Gasteiger partial charge >= 0.3 is 0 Å². The number of pyridine rings is 1. The van der Waals surface area contributed by atoms with E-state index in [1.165, 1.54) is 33.1 Å². The van der Waals surface area contributed by atoms with Gasteiger partial charge in [-0.15, -0.1) is 0 Å². The minimum atomic E-state index is -0.938. The molecule has 2 N–H and O–H groups in total. The number of rotatable bonds is 8. The van der Waals surface area contributed by atoms with Gasteiger partial charge < -0.3 is 29.7 Å². The van der Waals surface area contributed by atoms with Crippen molar-refractivity contribution in [3.63, 3.8) is 0 Å². The molecule has 0 saturated carbocycles. The number of aromatic nitrogens is 5. The van der Waals surface area contributed by atoms with E-state index in [9.17, 15) is 0 Å². The molecule has 4 heterocycles. The third-order valence-corrected chi connectivity index (χ3v) is 6.25. The van der Waals surface area contributed by atoms with E-state index in [-0.39, 0.29) is 17.3 Å². The van der Waals surface area contributed by atoms with Crippen molar-refractivity contribution < 1.29 is 23.0 Å². The van der Waals surface area contributed by atoms with Crippen LogP contribution in [0.2, 0.25) is 0 Å². The van der Waals surface area contributed by atoms with Gasteiger partial charge in [0.15, 0.2) is 23.1 Å². The Morgan fingerprint density at radius 3 is 2.36 bits per heavy atom. The number of methoxy groups -OCH3 is 2. The molecule has 0 aliphatic carbocycles. The molecule has 5 rings (SSSR count). The van der Waals surface area contributed by atoms with Crippen molar-refractivity contribution in [2.45, 2.75) is 6.92 Å². The van der Waals surface area contributed by atoms with E-state index >= 15 is 8.78 Å². The number of halogens is 2. The highest BCUT2D eigenvalue weighted by Gasteiger charge is 2.22. The van der Waals surface area contributed by atoms with Crippen LogP contribution in [0.5, 0.6) is 11.5 Å². The number of benzene rings is 1. The highest BCUT2D eigenvalue weighted by atomic mass is 19.1. The molecule has 3 aromatic heterocycles. The van der Waals surface area contributed by atoms with Crippen molar-refractivity contribution in [1.82, 2.24) is 24.9 Å². The molecule has 0 radical (unpaired) electrons. The molecule has 1 fully saturated rings. The monoisotopic (exact) mass is 536 g/mol. The molecular weight excluding hydrogens is 510 g/mol. The summed E-state index contributed by atoms with van der Waals surface area (Å²) in [6, 6.07) is 4.77. The Kier molecular flexibility index (Phi) is 7.59. The number of morpholine rings is 1. The topological polar surface area (TPSA) is 119 Å². The van der Waals surface area contributed by atoms with Gasteiger partial charge in [-0.3, -0.25) is 0 Å². The van der Waals surface area contributed by atoms with Crippen LogP contribution in [0.3, 0.4) is 0 Å². The van der Waals surface area contributed by atoms with Crippen LogP contribution in [0, 0.1) is 18.6 Å². The van der Waals surface area contributed by atoms with Gasteiger partial charge in [0.05, 0.1) is 38.7 Å². The van der Waals surface area contributed by atoms with E-state index in [1.54, 1.807) is 12.3 Å². The standard InChI is InChI=1S/C26H26F2N8O3/c1-15-18(36-6-8-39-9-7-36)4-5-30-25(15)34-21-10-17(31-14-32-21)16-12-29-13-33-26(16)35-24-22(27)19(37-2)11-20(38-3)23(24)28/h4-5,10-14H,6-9H2,1-3H3,(H,29,33,35)(H,30,31,32,34). The first kappa shape index (κ1) is 26.0. The van der Waals surface area contributed by atoms with Gasteiger partial charge in [0.25, 0.3) is 0 Å². The molecule has 1 saturated heterocycles. The lowest BCUT2D eigenvalue weighted by Gasteiger charge is -2.30. The van der Waals surface area contributed by atoms with Crippen LogP contribution in [0.25, 0.3) is 11.3 Å². The Morgan fingerprint density at radius 1 is 0.897 bits per heavy atom. The molecule has 0 bridgehead atoms. The zero-order valence-corrected chi connectivity index (χ0v) is 21.5. The van der Waals surface area contributed by atoms with Crippen molar-refractivity contribution in [3.05, 3.63) is 60.4 Å². The van der Waals surface area contributed by atoms with E-state index < -0.39 is 17.3 Å². The molecule has 4 aromatic rings. The van der Waals surface area contributed by atoms with Crippen LogP contribution < -0.4 is 25.0 Å². The number of hydrogen-bond donors (Lipinski definition) is 2. The Balaban J connectivity index is 1.46. The SMILES string of the molecule is COc1cc(OC)c(F)c(Nc2ncncc2-c2cc(Nc3nccc(N4CCOCC4)c3C)ncn2)c1F. The van der Waals surface area contributed by atoms with Gasteiger partial charge in [-0.25, -0.2) is 33.7 Å². The minimum Gasteiger partial charge on any atom is -0.493 e. The molecule has 1 aliphatic heterocycles. The van der Waals surface area contributed by atoms with Gasteiger partial charge in [-0.05, 0) is 13.0 Å². The predicted octanol–water partition coefficient (Wildman–Crippen LogP) is 4.26. The fraction of sp³-hybridized carbons (Fsp3) is 0.269. The lowest BCUT2D eigenvalue weighted by molar-refractivity contribution is 0.122. The van der Waals surface area contributed by atoms with Crippen molar-refractivity contribution in [3.8, 4) is 22.8 Å². The largest absolute Gasteiger partial charge is 0.493 e. The normalized spacial score (nSPS) is 13.2. The average Bonchev–Trinajstić information content (AvgIpc) is 2.97. The predicted molar refractivity (Wildman–Crippen MR) is 141 cm³/mol. The molecule has 13 heteroatoms. The van der Waals surface area contributed by atoms with E-state index in [0.717, 1.165) is 30.4 Å². The van der Waals surface area contributed by atoms with Gasteiger partial charge in [0, 0.05) is 48.9 Å². The van der Waals surface area contributed by atoms with Crippen LogP contribution in [0.4, 0.5) is 37.6 Å². The molecular formula is C26H26F2N8O3. The third-order valence-electron chi connectivity index (χ3n) is 6.25. The fourth-order valence-electron chi connectivity index (χ4n) is 4.22. The molecule has 39 heavy (non-hydrogen) atoms. The minimum absolute atomic E-state index is 0.117. The third kappa shape index (κ3) is 5.34. The van der Waals surface area contributed by atoms with Crippen LogP contribution >= 0.6 is 0 Å². The van der Waals surface area contributed by atoms with Gasteiger partial charge in [-0.1, -0.05) is 0 Å². The molecule has 0 spiro atoms. The second kappa shape index (κ2) is 11.4. The quantitative estimate of drug-likeness (QED) is 0.336. The summed E-state index contributed by atoms with van der Waals surface area (Å²) >= 11 is 0. The number of anilines is 5. The molecule has 0 atom stereocenters. The molecule has 202 valence electrons. The Labute approximate surface area is 223 Å². The lowest BCUT2D eigenvalue weighted by atomic mass is 10.2. The van der Waals surface area contributed by atoms with E-state index in [1.807, 2.05) is 13.0 Å². The maximum Gasteiger partial charge on any atom is 0.191 e. The average molecular weight is 537 g/mol. The molecule has 0 unspecified atom stereocenters. The second-order valence-corrected chi connectivity index (χ2v) is 8.51. The summed E-state index contributed by atoms with van der Waals surface area (Å²) in [5.41, 5.74) is 2.33. The zero-order valence-electron chi connectivity index (χ0n) is 21.5. The van der Waals surface area contributed by atoms with Crippen LogP contribution in [0.15, 0.2) is 43.2 Å². The summed E-state index contributed by atoms with van der Waals surface area (Å²) in [6.07, 6.45) is 5.84. The number of nitrogens with zero attached hydrogens (tertiary/aromatic N) is 6. The van der Waals surface area contributed by atoms with Crippen molar-refractivity contribution in [2.24, 2.45) is 0 Å². The van der Waals surface area contributed by atoms with Crippen LogP contribution in [-0.4, -0.2) is 65.4 Å². The summed E-state index contributed by atoms with van der Waals surface area (Å²) in [6.45, 7) is 4.93. The van der Waals surface area contributed by atoms with Crippen molar-refractivity contribution >= 4 is 28.8 Å². The van der Waals surface area contributed by atoms with Crippen LogP contribution in [0.1, 0.15) is 5.56 Å². The Morgan fingerprint density at radius 2 is 1.64 bits per heavy atom. The van der Waals surface area contributed by atoms with Gasteiger partial charge in [-0.2, -0.15) is 0 Å². The Bertz CT molecular complexity index is 1460. The molecule has 1 aromatic carbocycles. The van der Waals surface area contributed by atoms with Gasteiger partial charge in [0.1, 0.15) is 35.8 Å². The Hall–Kier alpha value is -4.65. The highest BCUT2D eigenvalue weighted by Crippen LogP contribution is 2.38. The first-order valence-corrected chi connectivity index (χ1v) is 12.0. The van der Waals surface area contributed by atoms with E-state index in [0.29, 0.717) is 36.1 Å². The lowest BCUT2D eigenvalue weighted by Crippen LogP contribution is -2.36. The summed E-state index contributed by atoms with van der Waals surface area (Å²) in [5, 5.41) is 5.95. The van der Waals surface area contributed by atoms with Crippen molar-refractivity contribution in [2.75, 3.05) is 56.1 Å². The highest BCUT2D eigenvalue weighted by molar-refractivity contribution is 5.78. The molecule has 0 amide bonds. The maximum absolute atomic E-state index is 15.0. The second-order valence-electron chi connectivity index (χ2n) is 8.51. The maximum atomic E-state index is 15.0.